The normalized spacial score (nSPS) is 11.4. The van der Waals surface area contributed by atoms with Crippen LogP contribution in [0.4, 0.5) is 0 Å². The van der Waals surface area contributed by atoms with Crippen LogP contribution in [0.3, 0.4) is 0 Å². The maximum atomic E-state index is 12.7. The number of benzene rings is 3. The smallest absolute Gasteiger partial charge is 0.251 e. The van der Waals surface area contributed by atoms with Gasteiger partial charge in [-0.05, 0) is 42.3 Å². The van der Waals surface area contributed by atoms with Crippen molar-refractivity contribution in [1.82, 2.24) is 9.62 Å². The van der Waals surface area contributed by atoms with Crippen LogP contribution in [0.5, 0.6) is 0 Å². The summed E-state index contributed by atoms with van der Waals surface area (Å²) in [6.07, 6.45) is 0. The Morgan fingerprint density at radius 2 is 1.48 bits per heavy atom. The first-order valence-electron chi connectivity index (χ1n) is 9.30. The summed E-state index contributed by atoms with van der Waals surface area (Å²) in [5, 5.41) is 2.88. The zero-order chi connectivity index (χ0) is 20.9. The van der Waals surface area contributed by atoms with Crippen molar-refractivity contribution in [3.63, 3.8) is 0 Å². The van der Waals surface area contributed by atoms with Gasteiger partial charge in [0.2, 0.25) is 10.0 Å². The fourth-order valence-electron chi connectivity index (χ4n) is 2.87. The van der Waals surface area contributed by atoms with Crippen LogP contribution in [0.15, 0.2) is 83.8 Å². The first-order valence-corrected chi connectivity index (χ1v) is 10.7. The lowest BCUT2D eigenvalue weighted by Crippen LogP contribution is -2.26. The molecule has 0 aliphatic carbocycles. The molecule has 0 bridgehead atoms. The summed E-state index contributed by atoms with van der Waals surface area (Å²) in [6.45, 7) is 2.60. The Balaban J connectivity index is 1.62. The second-order valence-electron chi connectivity index (χ2n) is 6.94. The lowest BCUT2D eigenvalue weighted by Gasteiger charge is -2.17. The van der Waals surface area contributed by atoms with Gasteiger partial charge in [0, 0.05) is 25.7 Å². The van der Waals surface area contributed by atoms with Crippen LogP contribution < -0.4 is 5.32 Å². The highest BCUT2D eigenvalue weighted by Crippen LogP contribution is 2.17. The Bertz CT molecular complexity index is 1060. The van der Waals surface area contributed by atoms with Gasteiger partial charge in [-0.3, -0.25) is 4.79 Å². The predicted octanol–water partition coefficient (Wildman–Crippen LogP) is 3.75. The van der Waals surface area contributed by atoms with Crippen LogP contribution in [-0.2, 0) is 23.1 Å². The van der Waals surface area contributed by atoms with Crippen molar-refractivity contribution in [1.29, 1.82) is 0 Å². The van der Waals surface area contributed by atoms with Crippen LogP contribution in [-0.4, -0.2) is 25.7 Å². The van der Waals surface area contributed by atoms with E-state index >= 15 is 0 Å². The number of carbonyl (C=O) groups is 1. The number of rotatable bonds is 7. The summed E-state index contributed by atoms with van der Waals surface area (Å²) in [6, 6.07) is 23.5. The van der Waals surface area contributed by atoms with Gasteiger partial charge in [-0.25, -0.2) is 8.42 Å². The first kappa shape index (κ1) is 20.8. The number of sulfonamides is 1. The van der Waals surface area contributed by atoms with E-state index in [4.69, 9.17) is 0 Å². The molecule has 29 heavy (non-hydrogen) atoms. The molecule has 0 radical (unpaired) electrons. The summed E-state index contributed by atoms with van der Waals surface area (Å²) in [5.41, 5.74) is 3.38. The third-order valence-corrected chi connectivity index (χ3v) is 6.46. The van der Waals surface area contributed by atoms with Gasteiger partial charge in [0.25, 0.3) is 5.91 Å². The van der Waals surface area contributed by atoms with Gasteiger partial charge in [-0.2, -0.15) is 4.31 Å². The molecule has 0 saturated carbocycles. The quantitative estimate of drug-likeness (QED) is 0.648. The van der Waals surface area contributed by atoms with Gasteiger partial charge >= 0.3 is 0 Å². The van der Waals surface area contributed by atoms with E-state index in [2.05, 4.69) is 5.32 Å². The number of nitrogens with zero attached hydrogens (tertiary/aromatic N) is 1. The number of nitrogens with one attached hydrogen (secondary N) is 1. The molecule has 0 spiro atoms. The van der Waals surface area contributed by atoms with Crippen molar-refractivity contribution >= 4 is 15.9 Å². The number of carbonyl (C=O) groups excluding carboxylic acids is 1. The molecule has 0 saturated heterocycles. The summed E-state index contributed by atoms with van der Waals surface area (Å²) >= 11 is 0. The van der Waals surface area contributed by atoms with Crippen LogP contribution in [0.1, 0.15) is 27.0 Å². The molecule has 0 aliphatic heterocycles. The zero-order valence-electron chi connectivity index (χ0n) is 16.5. The maximum absolute atomic E-state index is 12.7. The second kappa shape index (κ2) is 9.03. The van der Waals surface area contributed by atoms with Crippen LogP contribution in [0, 0.1) is 6.92 Å². The summed E-state index contributed by atoms with van der Waals surface area (Å²) in [4.78, 5) is 12.6. The van der Waals surface area contributed by atoms with Gasteiger partial charge in [0.15, 0.2) is 0 Å². The number of aryl methyl sites for hydroxylation is 1. The van der Waals surface area contributed by atoms with E-state index in [0.29, 0.717) is 12.1 Å². The standard InChI is InChI=1S/C23H24N2O3S/c1-18-8-14-22(15-9-18)29(27,28)25(2)17-20-10-12-21(13-11-20)23(26)24-16-19-6-4-3-5-7-19/h3-15H,16-17H2,1-2H3,(H,24,26). The maximum Gasteiger partial charge on any atom is 0.251 e. The van der Waals surface area contributed by atoms with Gasteiger partial charge in [0.05, 0.1) is 4.90 Å². The molecule has 6 heteroatoms. The SMILES string of the molecule is Cc1ccc(S(=O)(=O)N(C)Cc2ccc(C(=O)NCc3ccccc3)cc2)cc1. The van der Waals surface area contributed by atoms with Gasteiger partial charge in [-0.15, -0.1) is 0 Å². The lowest BCUT2D eigenvalue weighted by atomic mass is 10.1. The molecule has 0 heterocycles. The van der Waals surface area contributed by atoms with Crippen LogP contribution >= 0.6 is 0 Å². The Hall–Kier alpha value is -2.96. The second-order valence-corrected chi connectivity index (χ2v) is 8.98. The molecule has 150 valence electrons. The fourth-order valence-corrected chi connectivity index (χ4v) is 4.03. The molecule has 0 atom stereocenters. The van der Waals surface area contributed by atoms with Crippen molar-refractivity contribution in [2.75, 3.05) is 7.05 Å². The van der Waals surface area contributed by atoms with Crippen molar-refractivity contribution < 1.29 is 13.2 Å². The third kappa shape index (κ3) is 5.31. The Kier molecular flexibility index (Phi) is 6.46. The fraction of sp³-hybridized carbons (Fsp3) is 0.174. The van der Waals surface area contributed by atoms with Gasteiger partial charge < -0.3 is 5.32 Å². The minimum absolute atomic E-state index is 0.166. The summed E-state index contributed by atoms with van der Waals surface area (Å²) in [5.74, 6) is -0.166. The highest BCUT2D eigenvalue weighted by molar-refractivity contribution is 7.89. The zero-order valence-corrected chi connectivity index (χ0v) is 17.3. The van der Waals surface area contributed by atoms with E-state index in [1.807, 2.05) is 37.3 Å². The van der Waals surface area contributed by atoms with Crippen LogP contribution in [0.25, 0.3) is 0 Å². The number of hydrogen-bond donors (Lipinski definition) is 1. The molecule has 3 aromatic carbocycles. The minimum atomic E-state index is -3.57. The van der Waals surface area contributed by atoms with Crippen molar-refractivity contribution in [3.8, 4) is 0 Å². The van der Waals surface area contributed by atoms with E-state index in [1.165, 1.54) is 4.31 Å². The molecule has 3 aromatic rings. The number of hydrogen-bond acceptors (Lipinski definition) is 3. The molecule has 5 nitrogen and oxygen atoms in total. The Morgan fingerprint density at radius 1 is 0.862 bits per heavy atom. The molecule has 1 amide bonds. The summed E-state index contributed by atoms with van der Waals surface area (Å²) in [7, 11) is -2.01. The van der Waals surface area contributed by atoms with Crippen LogP contribution in [0.2, 0.25) is 0 Å². The van der Waals surface area contributed by atoms with Crippen molar-refractivity contribution in [2.45, 2.75) is 24.9 Å². The predicted molar refractivity (Wildman–Crippen MR) is 114 cm³/mol. The van der Waals surface area contributed by atoms with Crippen molar-refractivity contribution in [3.05, 3.63) is 101 Å². The third-order valence-electron chi connectivity index (χ3n) is 4.65. The monoisotopic (exact) mass is 408 g/mol. The molecular weight excluding hydrogens is 384 g/mol. The Labute approximate surface area is 172 Å². The van der Waals surface area contributed by atoms with E-state index in [0.717, 1.165) is 16.7 Å². The highest BCUT2D eigenvalue weighted by atomic mass is 32.2. The molecule has 0 aliphatic rings. The molecule has 1 N–H and O–H groups in total. The summed E-state index contributed by atoms with van der Waals surface area (Å²) < 4.78 is 26.7. The minimum Gasteiger partial charge on any atom is -0.348 e. The highest BCUT2D eigenvalue weighted by Gasteiger charge is 2.20. The first-order chi connectivity index (χ1) is 13.9. The lowest BCUT2D eigenvalue weighted by molar-refractivity contribution is 0.0951. The Morgan fingerprint density at radius 3 is 2.10 bits per heavy atom. The largest absolute Gasteiger partial charge is 0.348 e. The topological polar surface area (TPSA) is 66.5 Å². The average molecular weight is 409 g/mol. The van der Waals surface area contributed by atoms with E-state index < -0.39 is 10.0 Å². The van der Waals surface area contributed by atoms with Gasteiger partial charge in [-0.1, -0.05) is 60.2 Å². The van der Waals surface area contributed by atoms with Gasteiger partial charge in [0.1, 0.15) is 0 Å². The van der Waals surface area contributed by atoms with E-state index in [9.17, 15) is 13.2 Å². The molecular formula is C23H24N2O3S. The molecule has 3 rings (SSSR count). The van der Waals surface area contributed by atoms with E-state index in [1.54, 1.807) is 55.6 Å². The average Bonchev–Trinajstić information content (AvgIpc) is 2.73. The number of amides is 1. The molecule has 0 aromatic heterocycles. The van der Waals surface area contributed by atoms with E-state index in [-0.39, 0.29) is 17.3 Å². The molecule has 0 fully saturated rings. The van der Waals surface area contributed by atoms with Crippen molar-refractivity contribution in [2.24, 2.45) is 0 Å². The molecule has 0 unspecified atom stereocenters.